The van der Waals surface area contributed by atoms with Crippen molar-refractivity contribution in [1.29, 1.82) is 0 Å². The van der Waals surface area contributed by atoms with Gasteiger partial charge in [-0.15, -0.1) is 0 Å². The number of hydrogen-bond donors (Lipinski definition) is 2. The summed E-state index contributed by atoms with van der Waals surface area (Å²) in [5.41, 5.74) is 0. The molecule has 0 saturated heterocycles. The predicted molar refractivity (Wildman–Crippen MR) is 62.4 cm³/mol. The molecule has 0 amide bonds. The zero-order valence-corrected chi connectivity index (χ0v) is 10.4. The summed E-state index contributed by atoms with van der Waals surface area (Å²) in [6.45, 7) is 0. The number of benzene rings is 2. The van der Waals surface area contributed by atoms with Gasteiger partial charge in [-0.25, -0.2) is 0 Å². The monoisotopic (exact) mass is 287 g/mol. The third kappa shape index (κ3) is 2.36. The van der Waals surface area contributed by atoms with E-state index >= 15 is 0 Å². The van der Waals surface area contributed by atoms with Crippen molar-refractivity contribution in [2.45, 2.75) is 9.79 Å². The van der Waals surface area contributed by atoms with Gasteiger partial charge in [-0.3, -0.25) is 9.11 Å². The van der Waals surface area contributed by atoms with Gasteiger partial charge in [0.2, 0.25) is 0 Å². The van der Waals surface area contributed by atoms with Crippen molar-refractivity contribution in [3.63, 3.8) is 0 Å². The molecule has 2 rings (SSSR count). The van der Waals surface area contributed by atoms with E-state index in [4.69, 9.17) is 9.11 Å². The van der Waals surface area contributed by atoms with Crippen molar-refractivity contribution < 1.29 is 25.9 Å². The summed E-state index contributed by atoms with van der Waals surface area (Å²) in [5, 5.41) is 0.271. The average Bonchev–Trinajstić information content (AvgIpc) is 2.25. The van der Waals surface area contributed by atoms with E-state index in [9.17, 15) is 16.8 Å². The lowest BCUT2D eigenvalue weighted by Gasteiger charge is -2.04. The molecule has 0 heterocycles. The van der Waals surface area contributed by atoms with Gasteiger partial charge < -0.3 is 0 Å². The fourth-order valence-electron chi connectivity index (χ4n) is 1.54. The highest BCUT2D eigenvalue weighted by molar-refractivity contribution is 7.86. The minimum Gasteiger partial charge on any atom is -0.282 e. The van der Waals surface area contributed by atoms with Crippen LogP contribution in [0.2, 0.25) is 0 Å². The minimum atomic E-state index is -4.41. The highest BCUT2D eigenvalue weighted by atomic mass is 32.2. The van der Waals surface area contributed by atoms with Crippen molar-refractivity contribution in [1.82, 2.24) is 0 Å². The molecule has 6 nitrogen and oxygen atoms in total. The summed E-state index contributed by atoms with van der Waals surface area (Å²) >= 11 is 0. The van der Waals surface area contributed by atoms with Gasteiger partial charge in [0.15, 0.2) is 0 Å². The number of rotatable bonds is 2. The molecule has 2 aromatic rings. The van der Waals surface area contributed by atoms with Gasteiger partial charge in [0, 0.05) is 5.39 Å². The maximum Gasteiger partial charge on any atom is 0.295 e. The van der Waals surface area contributed by atoms with E-state index in [0.29, 0.717) is 0 Å². The Morgan fingerprint density at radius 3 is 2.17 bits per heavy atom. The third-order valence-electron chi connectivity index (χ3n) is 2.31. The lowest BCUT2D eigenvalue weighted by Crippen LogP contribution is -2.01. The average molecular weight is 287 g/mol. The summed E-state index contributed by atoms with van der Waals surface area (Å²) < 4.78 is 61.9. The van der Waals surface area contributed by atoms with E-state index in [1.807, 2.05) is 0 Å². The SMILES string of the molecule is O=S(=O)(O)c1ccc2c(S(=O)(=O)O)cc[c]c2c1. The molecule has 0 spiro atoms. The van der Waals surface area contributed by atoms with Crippen LogP contribution in [0.15, 0.2) is 40.1 Å². The molecule has 0 saturated carbocycles. The quantitative estimate of drug-likeness (QED) is 0.801. The van der Waals surface area contributed by atoms with Crippen LogP contribution in [0, 0.1) is 6.07 Å². The first-order valence-electron chi connectivity index (χ1n) is 4.59. The second-order valence-corrected chi connectivity index (χ2v) is 6.31. The molecular formula is C10H7O6S2. The van der Waals surface area contributed by atoms with E-state index in [1.165, 1.54) is 12.1 Å². The van der Waals surface area contributed by atoms with Gasteiger partial charge >= 0.3 is 0 Å². The fraction of sp³-hybridized carbons (Fsp3) is 0. The Bertz CT molecular complexity index is 821. The van der Waals surface area contributed by atoms with Crippen LogP contribution in [-0.4, -0.2) is 25.9 Å². The molecular weight excluding hydrogens is 280 g/mol. The van der Waals surface area contributed by atoms with Crippen molar-refractivity contribution in [2.24, 2.45) is 0 Å². The molecule has 0 aliphatic heterocycles. The first-order valence-corrected chi connectivity index (χ1v) is 7.47. The zero-order valence-electron chi connectivity index (χ0n) is 8.73. The lowest BCUT2D eigenvalue weighted by molar-refractivity contribution is 0.482. The predicted octanol–water partition coefficient (Wildman–Crippen LogP) is 1.13. The molecule has 0 atom stereocenters. The Labute approximate surface area is 103 Å². The molecule has 2 aromatic carbocycles. The van der Waals surface area contributed by atoms with Gasteiger partial charge in [0.25, 0.3) is 20.2 Å². The number of hydrogen-bond acceptors (Lipinski definition) is 4. The molecule has 0 bridgehead atoms. The Kier molecular flexibility index (Phi) is 2.90. The molecule has 0 unspecified atom stereocenters. The van der Waals surface area contributed by atoms with Crippen LogP contribution < -0.4 is 0 Å². The van der Waals surface area contributed by atoms with Crippen molar-refractivity contribution >= 4 is 31.0 Å². The molecule has 2 N–H and O–H groups in total. The lowest BCUT2D eigenvalue weighted by atomic mass is 10.1. The van der Waals surface area contributed by atoms with Crippen molar-refractivity contribution in [2.75, 3.05) is 0 Å². The zero-order chi connectivity index (χ0) is 13.6. The van der Waals surface area contributed by atoms with Crippen LogP contribution in [0.5, 0.6) is 0 Å². The van der Waals surface area contributed by atoms with Gasteiger partial charge in [0.1, 0.15) is 4.90 Å². The van der Waals surface area contributed by atoms with Crippen LogP contribution in [0.1, 0.15) is 0 Å². The summed E-state index contributed by atoms with van der Waals surface area (Å²) in [6.07, 6.45) is 0. The molecule has 8 heteroatoms. The highest BCUT2D eigenvalue weighted by Gasteiger charge is 2.16. The summed E-state index contributed by atoms with van der Waals surface area (Å²) in [6, 6.07) is 8.29. The molecule has 0 fully saturated rings. The van der Waals surface area contributed by atoms with Crippen LogP contribution >= 0.6 is 0 Å². The molecule has 1 radical (unpaired) electrons. The normalized spacial score (nSPS) is 12.8. The van der Waals surface area contributed by atoms with Crippen LogP contribution in [-0.2, 0) is 20.2 Å². The van der Waals surface area contributed by atoms with Gasteiger partial charge in [-0.05, 0) is 29.7 Å². The third-order valence-corrected chi connectivity index (χ3v) is 4.07. The Balaban J connectivity index is 2.85. The molecule has 95 valence electrons. The van der Waals surface area contributed by atoms with Crippen LogP contribution in [0.4, 0.5) is 0 Å². The fourth-order valence-corrected chi connectivity index (χ4v) is 2.74. The number of fused-ring (bicyclic) bond motifs is 1. The smallest absolute Gasteiger partial charge is 0.282 e. The topological polar surface area (TPSA) is 109 Å². The minimum absolute atomic E-state index is 0.118. The van der Waals surface area contributed by atoms with Crippen molar-refractivity contribution in [3.05, 3.63) is 36.4 Å². The Morgan fingerprint density at radius 2 is 1.61 bits per heavy atom. The maximum absolute atomic E-state index is 11.1. The second-order valence-electron chi connectivity index (χ2n) is 3.50. The largest absolute Gasteiger partial charge is 0.295 e. The van der Waals surface area contributed by atoms with Gasteiger partial charge in [0.05, 0.1) is 4.90 Å². The summed E-state index contributed by atoms with van der Waals surface area (Å²) in [5.74, 6) is 0. The first-order chi connectivity index (χ1) is 8.19. The molecule has 0 aliphatic carbocycles. The van der Waals surface area contributed by atoms with Gasteiger partial charge in [-0.2, -0.15) is 16.8 Å². The standard InChI is InChI=1S/C10H7O6S2/c11-17(12,13)8-4-5-9-7(6-8)2-1-3-10(9)18(14,15)16/h1,3-6H,(H,11,12,13)(H,14,15,16). The van der Waals surface area contributed by atoms with E-state index < -0.39 is 20.2 Å². The Morgan fingerprint density at radius 1 is 0.944 bits per heavy atom. The van der Waals surface area contributed by atoms with Crippen LogP contribution in [0.25, 0.3) is 10.8 Å². The second kappa shape index (κ2) is 4.02. The van der Waals surface area contributed by atoms with Gasteiger partial charge in [-0.1, -0.05) is 12.1 Å². The first kappa shape index (κ1) is 13.0. The molecule has 0 aromatic heterocycles. The Hall–Kier alpha value is -1.48. The molecule has 0 aliphatic rings. The maximum atomic E-state index is 11.1. The van der Waals surface area contributed by atoms with Crippen LogP contribution in [0.3, 0.4) is 0 Å². The van der Waals surface area contributed by atoms with E-state index in [2.05, 4.69) is 6.07 Å². The van der Waals surface area contributed by atoms with Crippen molar-refractivity contribution in [3.8, 4) is 0 Å². The molecule has 18 heavy (non-hydrogen) atoms. The van der Waals surface area contributed by atoms with E-state index in [0.717, 1.165) is 18.2 Å². The summed E-state index contributed by atoms with van der Waals surface area (Å²) in [7, 11) is -8.78. The highest BCUT2D eigenvalue weighted by Crippen LogP contribution is 2.24. The van der Waals surface area contributed by atoms with E-state index in [1.54, 1.807) is 0 Å². The van der Waals surface area contributed by atoms with E-state index in [-0.39, 0.29) is 20.6 Å². The summed E-state index contributed by atoms with van der Waals surface area (Å²) in [4.78, 5) is -0.725.